The molecule has 0 atom stereocenters. The van der Waals surface area contributed by atoms with Crippen molar-refractivity contribution < 1.29 is 4.79 Å². The summed E-state index contributed by atoms with van der Waals surface area (Å²) in [7, 11) is 0. The number of para-hydroxylation sites is 1. The lowest BCUT2D eigenvalue weighted by Crippen LogP contribution is -2.18. The predicted octanol–water partition coefficient (Wildman–Crippen LogP) is 2.68. The maximum atomic E-state index is 11.9. The molecular formula is C13H15N3O. The number of aromatic nitrogens is 1. The van der Waals surface area contributed by atoms with Crippen molar-refractivity contribution in [1.82, 2.24) is 10.4 Å². The van der Waals surface area contributed by atoms with Gasteiger partial charge in [0.15, 0.2) is 0 Å². The number of nitrogens with zero attached hydrogens (tertiary/aromatic N) is 1. The molecule has 2 aromatic rings. The van der Waals surface area contributed by atoms with Crippen LogP contribution in [-0.4, -0.2) is 16.6 Å². The monoisotopic (exact) mass is 229 g/mol. The highest BCUT2D eigenvalue weighted by molar-refractivity contribution is 6.06. The third-order valence-electron chi connectivity index (χ3n) is 2.69. The van der Waals surface area contributed by atoms with Crippen molar-refractivity contribution in [3.63, 3.8) is 0 Å². The molecule has 4 heteroatoms. The number of hydrogen-bond donors (Lipinski definition) is 2. The van der Waals surface area contributed by atoms with Crippen LogP contribution < -0.4 is 5.43 Å². The number of carbonyl (C=O) groups excluding carboxylic acids is 1. The molecule has 1 aromatic carbocycles. The molecule has 0 aliphatic carbocycles. The summed E-state index contributed by atoms with van der Waals surface area (Å²) >= 11 is 0. The van der Waals surface area contributed by atoms with Gasteiger partial charge in [0.05, 0.1) is 5.56 Å². The molecule has 0 unspecified atom stereocenters. The first-order chi connectivity index (χ1) is 8.22. The van der Waals surface area contributed by atoms with Crippen LogP contribution >= 0.6 is 0 Å². The van der Waals surface area contributed by atoms with Gasteiger partial charge < -0.3 is 4.98 Å². The van der Waals surface area contributed by atoms with E-state index in [0.717, 1.165) is 23.0 Å². The van der Waals surface area contributed by atoms with Gasteiger partial charge in [0.1, 0.15) is 0 Å². The molecule has 0 aliphatic heterocycles. The zero-order valence-corrected chi connectivity index (χ0v) is 9.95. The van der Waals surface area contributed by atoms with Crippen LogP contribution in [-0.2, 0) is 0 Å². The average Bonchev–Trinajstić information content (AvgIpc) is 2.79. The minimum absolute atomic E-state index is 0.185. The molecule has 1 heterocycles. The number of hydrogen-bond acceptors (Lipinski definition) is 2. The summed E-state index contributed by atoms with van der Waals surface area (Å²) in [6.07, 6.45) is 2.53. The van der Waals surface area contributed by atoms with E-state index in [2.05, 4.69) is 15.5 Å². The summed E-state index contributed by atoms with van der Waals surface area (Å²) in [6.45, 7) is 3.88. The number of hydrazone groups is 1. The highest BCUT2D eigenvalue weighted by Crippen LogP contribution is 2.17. The van der Waals surface area contributed by atoms with Crippen LogP contribution in [0.2, 0.25) is 0 Å². The lowest BCUT2D eigenvalue weighted by atomic mass is 10.2. The van der Waals surface area contributed by atoms with Crippen molar-refractivity contribution in [3.05, 3.63) is 36.0 Å². The number of fused-ring (bicyclic) bond motifs is 1. The molecule has 0 saturated heterocycles. The van der Waals surface area contributed by atoms with Crippen LogP contribution in [0.5, 0.6) is 0 Å². The number of H-pyrrole nitrogens is 1. The molecular weight excluding hydrogens is 214 g/mol. The molecule has 0 fully saturated rings. The van der Waals surface area contributed by atoms with Crippen LogP contribution in [0, 0.1) is 0 Å². The Morgan fingerprint density at radius 3 is 2.94 bits per heavy atom. The Morgan fingerprint density at radius 2 is 2.18 bits per heavy atom. The molecule has 2 N–H and O–H groups in total. The van der Waals surface area contributed by atoms with Crippen LogP contribution in [0.3, 0.4) is 0 Å². The van der Waals surface area contributed by atoms with Gasteiger partial charge in [-0.2, -0.15) is 5.10 Å². The van der Waals surface area contributed by atoms with E-state index in [4.69, 9.17) is 0 Å². The van der Waals surface area contributed by atoms with Gasteiger partial charge in [-0.15, -0.1) is 0 Å². The van der Waals surface area contributed by atoms with E-state index in [1.807, 2.05) is 38.1 Å². The molecule has 4 nitrogen and oxygen atoms in total. The minimum Gasteiger partial charge on any atom is -0.360 e. The maximum absolute atomic E-state index is 11.9. The standard InChI is InChI=1S/C13H15N3O/c1-3-9(2)15-16-13(17)11-8-14-12-7-5-4-6-10(11)12/h4-8,14H,3H2,1-2H3,(H,16,17). The Balaban J connectivity index is 2.25. The maximum Gasteiger partial charge on any atom is 0.273 e. The summed E-state index contributed by atoms with van der Waals surface area (Å²) in [4.78, 5) is 15.0. The quantitative estimate of drug-likeness (QED) is 0.617. The van der Waals surface area contributed by atoms with E-state index in [-0.39, 0.29) is 5.91 Å². The Kier molecular flexibility index (Phi) is 3.23. The fourth-order valence-corrected chi connectivity index (χ4v) is 1.54. The molecule has 0 bridgehead atoms. The number of aromatic amines is 1. The normalized spacial score (nSPS) is 11.8. The molecule has 0 radical (unpaired) electrons. The summed E-state index contributed by atoms with van der Waals surface area (Å²) < 4.78 is 0. The van der Waals surface area contributed by atoms with E-state index in [0.29, 0.717) is 5.56 Å². The van der Waals surface area contributed by atoms with Crippen molar-refractivity contribution in [3.8, 4) is 0 Å². The van der Waals surface area contributed by atoms with Gasteiger partial charge in [-0.05, 0) is 19.4 Å². The number of benzene rings is 1. The molecule has 17 heavy (non-hydrogen) atoms. The largest absolute Gasteiger partial charge is 0.360 e. The number of carbonyl (C=O) groups is 1. The molecule has 2 rings (SSSR count). The number of nitrogens with one attached hydrogen (secondary N) is 2. The van der Waals surface area contributed by atoms with Gasteiger partial charge in [-0.1, -0.05) is 25.1 Å². The fourth-order valence-electron chi connectivity index (χ4n) is 1.54. The van der Waals surface area contributed by atoms with Crippen molar-refractivity contribution in [1.29, 1.82) is 0 Å². The van der Waals surface area contributed by atoms with Gasteiger partial charge >= 0.3 is 0 Å². The van der Waals surface area contributed by atoms with Crippen molar-refractivity contribution in [2.24, 2.45) is 5.10 Å². The van der Waals surface area contributed by atoms with Crippen LogP contribution in [0.4, 0.5) is 0 Å². The summed E-state index contributed by atoms with van der Waals surface area (Å²) in [5, 5.41) is 4.92. The average molecular weight is 229 g/mol. The highest BCUT2D eigenvalue weighted by atomic mass is 16.2. The second-order valence-electron chi connectivity index (χ2n) is 3.89. The first-order valence-electron chi connectivity index (χ1n) is 5.62. The molecule has 1 aromatic heterocycles. The highest BCUT2D eigenvalue weighted by Gasteiger charge is 2.10. The molecule has 0 saturated carbocycles. The third-order valence-corrected chi connectivity index (χ3v) is 2.69. The lowest BCUT2D eigenvalue weighted by Gasteiger charge is -1.99. The van der Waals surface area contributed by atoms with Crippen molar-refractivity contribution >= 4 is 22.5 Å². The molecule has 88 valence electrons. The molecule has 0 spiro atoms. The second kappa shape index (κ2) is 4.82. The third kappa shape index (κ3) is 2.36. The summed E-state index contributed by atoms with van der Waals surface area (Å²) in [6, 6.07) is 7.69. The second-order valence-corrected chi connectivity index (χ2v) is 3.89. The zero-order valence-electron chi connectivity index (χ0n) is 9.95. The SMILES string of the molecule is CCC(C)=NNC(=O)c1c[nH]c2ccccc12. The van der Waals surface area contributed by atoms with Gasteiger partial charge in [0.25, 0.3) is 5.91 Å². The van der Waals surface area contributed by atoms with E-state index < -0.39 is 0 Å². The summed E-state index contributed by atoms with van der Waals surface area (Å²) in [5.74, 6) is -0.185. The summed E-state index contributed by atoms with van der Waals surface area (Å²) in [5.41, 5.74) is 5.03. The Labute approximate surface area is 99.7 Å². The molecule has 1 amide bonds. The van der Waals surface area contributed by atoms with E-state index in [9.17, 15) is 4.79 Å². The predicted molar refractivity (Wildman–Crippen MR) is 69.2 cm³/mol. The van der Waals surface area contributed by atoms with Crippen molar-refractivity contribution in [2.75, 3.05) is 0 Å². The Hall–Kier alpha value is -2.10. The van der Waals surface area contributed by atoms with E-state index >= 15 is 0 Å². The van der Waals surface area contributed by atoms with Crippen LogP contribution in [0.25, 0.3) is 10.9 Å². The fraction of sp³-hybridized carbons (Fsp3) is 0.231. The first kappa shape index (κ1) is 11.4. The smallest absolute Gasteiger partial charge is 0.273 e. The van der Waals surface area contributed by atoms with Gasteiger partial charge in [0.2, 0.25) is 0 Å². The number of rotatable bonds is 3. The topological polar surface area (TPSA) is 57.2 Å². The van der Waals surface area contributed by atoms with E-state index in [1.54, 1.807) is 6.20 Å². The Morgan fingerprint density at radius 1 is 1.41 bits per heavy atom. The van der Waals surface area contributed by atoms with Crippen LogP contribution in [0.15, 0.2) is 35.6 Å². The molecule has 0 aliphatic rings. The Bertz CT molecular complexity index is 569. The van der Waals surface area contributed by atoms with Gasteiger partial charge in [0, 0.05) is 22.8 Å². The number of amides is 1. The first-order valence-corrected chi connectivity index (χ1v) is 5.62. The van der Waals surface area contributed by atoms with Gasteiger partial charge in [-0.3, -0.25) is 4.79 Å². The lowest BCUT2D eigenvalue weighted by molar-refractivity contribution is 0.0956. The van der Waals surface area contributed by atoms with Crippen molar-refractivity contribution in [2.45, 2.75) is 20.3 Å². The van der Waals surface area contributed by atoms with E-state index in [1.165, 1.54) is 0 Å². The van der Waals surface area contributed by atoms with Gasteiger partial charge in [-0.25, -0.2) is 5.43 Å². The zero-order chi connectivity index (χ0) is 12.3. The minimum atomic E-state index is -0.185. The van der Waals surface area contributed by atoms with Crippen LogP contribution in [0.1, 0.15) is 30.6 Å².